The molecular weight excluding hydrogens is 393 g/mol. The van der Waals surface area contributed by atoms with Crippen LogP contribution < -0.4 is 5.32 Å². The van der Waals surface area contributed by atoms with E-state index in [9.17, 15) is 13.2 Å². The van der Waals surface area contributed by atoms with Gasteiger partial charge in [-0.3, -0.25) is 0 Å². The smallest absolute Gasteiger partial charge is 0.376 e. The molecule has 0 saturated carbocycles. The summed E-state index contributed by atoms with van der Waals surface area (Å²) in [5, 5.41) is 2.04. The summed E-state index contributed by atoms with van der Waals surface area (Å²) < 4.78 is 46.8. The van der Waals surface area contributed by atoms with E-state index in [0.717, 1.165) is 11.1 Å². The number of nitrogens with one attached hydrogen (secondary N) is 1. The van der Waals surface area contributed by atoms with Gasteiger partial charge >= 0.3 is 6.18 Å². The number of anilines is 1. The van der Waals surface area contributed by atoms with E-state index in [1.807, 2.05) is 24.3 Å². The lowest BCUT2D eigenvalue weighted by atomic mass is 10.1. The van der Waals surface area contributed by atoms with Gasteiger partial charge in [-0.2, -0.15) is 13.2 Å². The number of halogens is 4. The molecule has 144 valence electrons. The minimum Gasteiger partial charge on any atom is -0.376 e. The van der Waals surface area contributed by atoms with Gasteiger partial charge in [0.05, 0.1) is 30.3 Å². The van der Waals surface area contributed by atoms with Gasteiger partial charge in [-0.25, -0.2) is 15.0 Å². The molecule has 0 saturated heterocycles. The minimum atomic E-state index is -4.72. The Hall–Kier alpha value is -2.71. The topological polar surface area (TPSA) is 59.9 Å². The lowest BCUT2D eigenvalue weighted by molar-refractivity contribution is -0.136. The molecule has 2 bridgehead atoms. The summed E-state index contributed by atoms with van der Waals surface area (Å²) in [6.07, 6.45) is -3.18. The number of hydrogen-bond acceptors (Lipinski definition) is 5. The van der Waals surface area contributed by atoms with E-state index in [4.69, 9.17) is 16.3 Å². The molecule has 5 nitrogen and oxygen atoms in total. The van der Waals surface area contributed by atoms with Gasteiger partial charge in [-0.1, -0.05) is 42.4 Å². The van der Waals surface area contributed by atoms with Crippen molar-refractivity contribution in [2.24, 2.45) is 0 Å². The fourth-order valence-corrected chi connectivity index (χ4v) is 3.36. The fraction of sp³-hybridized carbons (Fsp3) is 0.211. The Kier molecular flexibility index (Phi) is 4.68. The average molecular weight is 407 g/mol. The van der Waals surface area contributed by atoms with Crippen LogP contribution in [0.2, 0.25) is 5.15 Å². The molecule has 1 aromatic carbocycles. The van der Waals surface area contributed by atoms with Crippen molar-refractivity contribution >= 4 is 34.0 Å². The van der Waals surface area contributed by atoms with Crippen LogP contribution in [-0.2, 0) is 23.9 Å². The molecule has 9 heteroatoms. The van der Waals surface area contributed by atoms with Gasteiger partial charge in [0.1, 0.15) is 22.4 Å². The van der Waals surface area contributed by atoms with E-state index in [1.54, 1.807) is 0 Å². The van der Waals surface area contributed by atoms with Crippen LogP contribution in [0.5, 0.6) is 0 Å². The van der Waals surface area contributed by atoms with Gasteiger partial charge in [0.2, 0.25) is 0 Å². The van der Waals surface area contributed by atoms with Gasteiger partial charge in [-0.05, 0) is 5.56 Å². The average Bonchev–Trinajstić information content (AvgIpc) is 2.66. The van der Waals surface area contributed by atoms with Gasteiger partial charge < -0.3 is 10.1 Å². The minimum absolute atomic E-state index is 0.0154. The van der Waals surface area contributed by atoms with Crippen LogP contribution in [0.25, 0.3) is 16.6 Å². The first-order chi connectivity index (χ1) is 13.3. The van der Waals surface area contributed by atoms with Crippen molar-refractivity contribution in [3.05, 3.63) is 64.7 Å². The van der Waals surface area contributed by atoms with Gasteiger partial charge in [0.25, 0.3) is 0 Å². The molecule has 28 heavy (non-hydrogen) atoms. The number of aromatic nitrogens is 3. The third kappa shape index (κ3) is 3.41. The summed E-state index contributed by atoms with van der Waals surface area (Å²) >= 11 is 5.79. The maximum Gasteiger partial charge on any atom is 0.420 e. The molecule has 1 aliphatic heterocycles. The van der Waals surface area contributed by atoms with Gasteiger partial charge in [-0.15, -0.1) is 0 Å². The summed E-state index contributed by atoms with van der Waals surface area (Å²) in [5.41, 5.74) is 0.958. The number of benzene rings is 1. The maximum absolute atomic E-state index is 13.7. The van der Waals surface area contributed by atoms with Crippen molar-refractivity contribution in [1.29, 1.82) is 0 Å². The van der Waals surface area contributed by atoms with Crippen LogP contribution in [0.4, 0.5) is 19.0 Å². The normalized spacial score (nSPS) is 14.9. The molecule has 0 radical (unpaired) electrons. The SMILES string of the molecule is C=C1Nc2nc(nc3cnc(Cl)c(C(F)(F)F)c23)CCOCc2ccccc21. The highest BCUT2D eigenvalue weighted by molar-refractivity contribution is 6.31. The second-order valence-corrected chi connectivity index (χ2v) is 6.59. The zero-order valence-electron chi connectivity index (χ0n) is 14.5. The third-order valence-electron chi connectivity index (χ3n) is 4.36. The molecule has 3 heterocycles. The van der Waals surface area contributed by atoms with Crippen molar-refractivity contribution in [1.82, 2.24) is 15.0 Å². The van der Waals surface area contributed by atoms with Crippen LogP contribution in [0.3, 0.4) is 0 Å². The second-order valence-electron chi connectivity index (χ2n) is 6.23. The molecule has 2 aromatic heterocycles. The second kappa shape index (κ2) is 7.03. The molecule has 0 atom stereocenters. The summed E-state index contributed by atoms with van der Waals surface area (Å²) in [7, 11) is 0. The Morgan fingerprint density at radius 1 is 1.18 bits per heavy atom. The fourth-order valence-electron chi connectivity index (χ4n) is 3.11. The van der Waals surface area contributed by atoms with Crippen molar-refractivity contribution in [3.8, 4) is 0 Å². The Labute approximate surface area is 163 Å². The van der Waals surface area contributed by atoms with Crippen molar-refractivity contribution in [2.45, 2.75) is 19.2 Å². The highest BCUT2D eigenvalue weighted by Gasteiger charge is 2.38. The largest absolute Gasteiger partial charge is 0.420 e. The first kappa shape index (κ1) is 18.6. The quantitative estimate of drug-likeness (QED) is 0.541. The number of ether oxygens (including phenoxy) is 1. The van der Waals surface area contributed by atoms with E-state index in [-0.39, 0.29) is 16.7 Å². The number of nitrogens with zero attached hydrogens (tertiary/aromatic N) is 3. The van der Waals surface area contributed by atoms with Crippen molar-refractivity contribution < 1.29 is 17.9 Å². The van der Waals surface area contributed by atoms with E-state index >= 15 is 0 Å². The zero-order chi connectivity index (χ0) is 19.9. The van der Waals surface area contributed by atoms with Gasteiger partial charge in [0.15, 0.2) is 0 Å². The van der Waals surface area contributed by atoms with Crippen LogP contribution in [0, 0.1) is 0 Å². The summed E-state index contributed by atoms with van der Waals surface area (Å²) in [6.45, 7) is 4.64. The lowest BCUT2D eigenvalue weighted by Crippen LogP contribution is -2.13. The number of rotatable bonds is 0. The summed E-state index contributed by atoms with van der Waals surface area (Å²) in [4.78, 5) is 12.2. The third-order valence-corrected chi connectivity index (χ3v) is 4.65. The Morgan fingerprint density at radius 3 is 2.75 bits per heavy atom. The molecule has 0 unspecified atom stereocenters. The van der Waals surface area contributed by atoms with E-state index < -0.39 is 16.9 Å². The molecule has 4 rings (SSSR count). The Bertz CT molecular complexity index is 1080. The highest BCUT2D eigenvalue weighted by atomic mass is 35.5. The first-order valence-corrected chi connectivity index (χ1v) is 8.76. The number of hydrogen-bond donors (Lipinski definition) is 1. The van der Waals surface area contributed by atoms with Crippen LogP contribution in [-0.4, -0.2) is 21.6 Å². The number of alkyl halides is 3. The number of pyridine rings is 1. The first-order valence-electron chi connectivity index (χ1n) is 8.39. The van der Waals surface area contributed by atoms with Crippen LogP contribution in [0.15, 0.2) is 37.0 Å². The lowest BCUT2D eigenvalue weighted by Gasteiger charge is -2.17. The van der Waals surface area contributed by atoms with Crippen molar-refractivity contribution in [3.63, 3.8) is 0 Å². The number of fused-ring (bicyclic) bond motifs is 5. The van der Waals surface area contributed by atoms with E-state index in [2.05, 4.69) is 26.8 Å². The molecule has 1 aliphatic rings. The molecule has 0 fully saturated rings. The predicted molar refractivity (Wildman–Crippen MR) is 99.8 cm³/mol. The van der Waals surface area contributed by atoms with Crippen LogP contribution in [0.1, 0.15) is 22.5 Å². The van der Waals surface area contributed by atoms with Crippen LogP contribution >= 0.6 is 11.6 Å². The summed E-state index contributed by atoms with van der Waals surface area (Å²) in [5.74, 6) is 0.323. The summed E-state index contributed by atoms with van der Waals surface area (Å²) in [6, 6.07) is 7.37. The molecule has 0 spiro atoms. The standard InChI is InChI=1S/C19H14ClF3N4O/c1-10-12-5-3-2-4-11(12)9-28-7-6-14-26-13-8-24-17(20)16(19(21,22)23)15(13)18(25-10)27-14/h2-5,8H,1,6-7,9H2,(H,25,26,27). The molecule has 0 aliphatic carbocycles. The monoisotopic (exact) mass is 406 g/mol. The predicted octanol–water partition coefficient (Wildman–Crippen LogP) is 4.85. The van der Waals surface area contributed by atoms with E-state index in [0.29, 0.717) is 31.2 Å². The van der Waals surface area contributed by atoms with E-state index in [1.165, 1.54) is 6.20 Å². The highest BCUT2D eigenvalue weighted by Crippen LogP contribution is 2.41. The molecule has 3 aromatic rings. The maximum atomic E-state index is 13.7. The van der Waals surface area contributed by atoms with Crippen molar-refractivity contribution in [2.75, 3.05) is 11.9 Å². The molecule has 1 N–H and O–H groups in total. The Balaban J connectivity index is 1.96. The zero-order valence-corrected chi connectivity index (χ0v) is 15.2. The Morgan fingerprint density at radius 2 is 1.96 bits per heavy atom. The molecular formula is C19H14ClF3N4O. The molecule has 0 amide bonds. The van der Waals surface area contributed by atoms with Gasteiger partial charge in [0, 0.05) is 17.7 Å².